The lowest BCUT2D eigenvalue weighted by Gasteiger charge is -2.15. The van der Waals surface area contributed by atoms with Crippen molar-refractivity contribution in [1.82, 2.24) is 0 Å². The number of ether oxygens (including phenoxy) is 3. The van der Waals surface area contributed by atoms with Gasteiger partial charge in [0, 0.05) is 0 Å². The van der Waals surface area contributed by atoms with Crippen LogP contribution in [0.5, 0.6) is 17.2 Å². The summed E-state index contributed by atoms with van der Waals surface area (Å²) < 4.78 is 16.5. The van der Waals surface area contributed by atoms with Crippen molar-refractivity contribution in [1.29, 1.82) is 0 Å². The van der Waals surface area contributed by atoms with Crippen LogP contribution >= 0.6 is 0 Å². The highest BCUT2D eigenvalue weighted by Gasteiger charge is 2.16. The van der Waals surface area contributed by atoms with Gasteiger partial charge in [-0.1, -0.05) is 32.0 Å². The SMILES string of the molecule is CC(C)c1cccc(OCC(N)c2ccc3c(c2)OCO3)c1. The quantitative estimate of drug-likeness (QED) is 0.916. The Labute approximate surface area is 130 Å². The molecule has 0 bridgehead atoms. The molecule has 0 radical (unpaired) electrons. The normalized spacial score (nSPS) is 14.2. The van der Waals surface area contributed by atoms with Gasteiger partial charge >= 0.3 is 0 Å². The number of hydrogen-bond donors (Lipinski definition) is 1. The summed E-state index contributed by atoms with van der Waals surface area (Å²) in [7, 11) is 0. The fourth-order valence-corrected chi connectivity index (χ4v) is 2.39. The molecule has 1 unspecified atom stereocenters. The summed E-state index contributed by atoms with van der Waals surface area (Å²) in [4.78, 5) is 0. The van der Waals surface area contributed by atoms with Crippen molar-refractivity contribution in [2.75, 3.05) is 13.4 Å². The van der Waals surface area contributed by atoms with Gasteiger partial charge in [0.2, 0.25) is 6.79 Å². The zero-order valence-corrected chi connectivity index (χ0v) is 12.9. The second-order valence-electron chi connectivity index (χ2n) is 5.76. The molecule has 1 heterocycles. The van der Waals surface area contributed by atoms with Gasteiger partial charge in [-0.3, -0.25) is 0 Å². The summed E-state index contributed by atoms with van der Waals surface area (Å²) in [5, 5.41) is 0. The van der Waals surface area contributed by atoms with Crippen molar-refractivity contribution < 1.29 is 14.2 Å². The summed E-state index contributed by atoms with van der Waals surface area (Å²) in [5.74, 6) is 2.84. The number of fused-ring (bicyclic) bond motifs is 1. The van der Waals surface area contributed by atoms with Gasteiger partial charge in [0.25, 0.3) is 0 Å². The minimum atomic E-state index is -0.211. The second-order valence-corrected chi connectivity index (χ2v) is 5.76. The lowest BCUT2D eigenvalue weighted by molar-refractivity contribution is 0.174. The molecule has 116 valence electrons. The van der Waals surface area contributed by atoms with Crippen LogP contribution in [0.3, 0.4) is 0 Å². The average molecular weight is 299 g/mol. The fourth-order valence-electron chi connectivity index (χ4n) is 2.39. The molecule has 0 saturated heterocycles. The Morgan fingerprint density at radius 3 is 2.68 bits per heavy atom. The Morgan fingerprint density at radius 1 is 1.05 bits per heavy atom. The molecule has 0 aromatic heterocycles. The number of nitrogens with two attached hydrogens (primary N) is 1. The molecule has 4 heteroatoms. The van der Waals surface area contributed by atoms with E-state index in [1.54, 1.807) is 0 Å². The number of hydrogen-bond acceptors (Lipinski definition) is 4. The Morgan fingerprint density at radius 2 is 1.86 bits per heavy atom. The molecule has 2 N–H and O–H groups in total. The molecule has 22 heavy (non-hydrogen) atoms. The highest BCUT2D eigenvalue weighted by Crippen LogP contribution is 2.34. The Kier molecular flexibility index (Phi) is 4.20. The van der Waals surface area contributed by atoms with Crippen molar-refractivity contribution in [3.63, 3.8) is 0 Å². The maximum atomic E-state index is 6.21. The van der Waals surface area contributed by atoms with Crippen LogP contribution in [0.25, 0.3) is 0 Å². The molecule has 3 rings (SSSR count). The van der Waals surface area contributed by atoms with E-state index in [4.69, 9.17) is 19.9 Å². The van der Waals surface area contributed by atoms with Crippen molar-refractivity contribution in [2.24, 2.45) is 5.73 Å². The van der Waals surface area contributed by atoms with E-state index in [0.29, 0.717) is 12.5 Å². The largest absolute Gasteiger partial charge is 0.492 e. The molecular weight excluding hydrogens is 278 g/mol. The topological polar surface area (TPSA) is 53.7 Å². The summed E-state index contributed by atoms with van der Waals surface area (Å²) >= 11 is 0. The van der Waals surface area contributed by atoms with Crippen LogP contribution in [0, 0.1) is 0 Å². The first-order valence-corrected chi connectivity index (χ1v) is 7.51. The van der Waals surface area contributed by atoms with Crippen LogP contribution < -0.4 is 19.9 Å². The first-order valence-electron chi connectivity index (χ1n) is 7.51. The molecule has 1 aliphatic heterocycles. The van der Waals surface area contributed by atoms with Crippen molar-refractivity contribution in [3.05, 3.63) is 53.6 Å². The van der Waals surface area contributed by atoms with Gasteiger partial charge < -0.3 is 19.9 Å². The van der Waals surface area contributed by atoms with E-state index in [1.165, 1.54) is 5.56 Å². The van der Waals surface area contributed by atoms with Crippen LogP contribution in [-0.4, -0.2) is 13.4 Å². The van der Waals surface area contributed by atoms with Crippen molar-refractivity contribution in [3.8, 4) is 17.2 Å². The standard InChI is InChI=1S/C18H21NO3/c1-12(2)13-4-3-5-15(8-13)20-10-16(19)14-6-7-17-18(9-14)22-11-21-17/h3-9,12,16H,10-11,19H2,1-2H3. The van der Waals surface area contributed by atoms with Gasteiger partial charge in [0.1, 0.15) is 12.4 Å². The van der Waals surface area contributed by atoms with Gasteiger partial charge in [0.05, 0.1) is 6.04 Å². The van der Waals surface area contributed by atoms with Crippen molar-refractivity contribution >= 4 is 0 Å². The third-order valence-corrected chi connectivity index (χ3v) is 3.78. The van der Waals surface area contributed by atoms with Crippen LogP contribution in [-0.2, 0) is 0 Å². The second kappa shape index (κ2) is 6.28. The molecule has 2 aromatic rings. The molecule has 2 aromatic carbocycles. The molecule has 1 atom stereocenters. The molecule has 0 amide bonds. The first-order chi connectivity index (χ1) is 10.6. The third kappa shape index (κ3) is 3.17. The zero-order valence-electron chi connectivity index (χ0n) is 12.9. The molecule has 1 aliphatic rings. The third-order valence-electron chi connectivity index (χ3n) is 3.78. The minimum absolute atomic E-state index is 0.211. The van der Waals surface area contributed by atoms with Crippen molar-refractivity contribution in [2.45, 2.75) is 25.8 Å². The van der Waals surface area contributed by atoms with E-state index in [1.807, 2.05) is 30.3 Å². The van der Waals surface area contributed by atoms with E-state index in [-0.39, 0.29) is 12.8 Å². The maximum absolute atomic E-state index is 6.21. The molecule has 0 fully saturated rings. The lowest BCUT2D eigenvalue weighted by Crippen LogP contribution is -2.19. The van der Waals surface area contributed by atoms with Crippen LogP contribution in [0.2, 0.25) is 0 Å². The smallest absolute Gasteiger partial charge is 0.231 e. The molecule has 0 spiro atoms. The number of benzene rings is 2. The van der Waals surface area contributed by atoms with Gasteiger partial charge in [-0.25, -0.2) is 0 Å². The number of rotatable bonds is 5. The highest BCUT2D eigenvalue weighted by atomic mass is 16.7. The van der Waals surface area contributed by atoms with E-state index in [2.05, 4.69) is 26.0 Å². The van der Waals surface area contributed by atoms with Gasteiger partial charge in [-0.2, -0.15) is 0 Å². The van der Waals surface area contributed by atoms with E-state index < -0.39 is 0 Å². The Bertz CT molecular complexity index is 655. The maximum Gasteiger partial charge on any atom is 0.231 e. The molecule has 0 aliphatic carbocycles. The summed E-state index contributed by atoms with van der Waals surface area (Å²) in [6, 6.07) is 13.7. The van der Waals surface area contributed by atoms with Gasteiger partial charge in [0.15, 0.2) is 11.5 Å². The highest BCUT2D eigenvalue weighted by molar-refractivity contribution is 5.45. The Hall–Kier alpha value is -2.20. The molecular formula is C18H21NO3. The summed E-state index contributed by atoms with van der Waals surface area (Å²) in [5.41, 5.74) is 8.45. The predicted molar refractivity (Wildman–Crippen MR) is 85.5 cm³/mol. The molecule has 0 saturated carbocycles. The van der Waals surface area contributed by atoms with E-state index in [0.717, 1.165) is 22.8 Å². The van der Waals surface area contributed by atoms with Gasteiger partial charge in [-0.05, 0) is 41.3 Å². The Balaban J connectivity index is 1.65. The fraction of sp³-hybridized carbons (Fsp3) is 0.333. The van der Waals surface area contributed by atoms with Crippen LogP contribution in [0.15, 0.2) is 42.5 Å². The summed E-state index contributed by atoms with van der Waals surface area (Å²) in [6.07, 6.45) is 0. The van der Waals surface area contributed by atoms with Gasteiger partial charge in [-0.15, -0.1) is 0 Å². The monoisotopic (exact) mass is 299 g/mol. The lowest BCUT2D eigenvalue weighted by atomic mass is 10.0. The summed E-state index contributed by atoms with van der Waals surface area (Å²) in [6.45, 7) is 5.02. The zero-order chi connectivity index (χ0) is 15.5. The van der Waals surface area contributed by atoms with Crippen LogP contribution in [0.4, 0.5) is 0 Å². The van der Waals surface area contributed by atoms with E-state index >= 15 is 0 Å². The van der Waals surface area contributed by atoms with E-state index in [9.17, 15) is 0 Å². The first kappa shape index (κ1) is 14.7. The molecule has 4 nitrogen and oxygen atoms in total. The minimum Gasteiger partial charge on any atom is -0.492 e. The predicted octanol–water partition coefficient (Wildman–Crippen LogP) is 3.62. The van der Waals surface area contributed by atoms with Crippen LogP contribution in [0.1, 0.15) is 36.9 Å². The average Bonchev–Trinajstić information content (AvgIpc) is 3.00.